The number of carbonyl (C=O) groups is 1. The molecule has 0 unspecified atom stereocenters. The van der Waals surface area contributed by atoms with Crippen LogP contribution in [0.5, 0.6) is 0 Å². The topological polar surface area (TPSA) is 55.1 Å². The second-order valence-electron chi connectivity index (χ2n) is 4.43. The summed E-state index contributed by atoms with van der Waals surface area (Å²) in [5.74, 6) is -1.18. The minimum absolute atomic E-state index is 0.181. The molecule has 1 aromatic heterocycles. The Labute approximate surface area is 123 Å². The quantitative estimate of drug-likeness (QED) is 0.855. The molecule has 21 heavy (non-hydrogen) atoms. The first-order valence-electron chi connectivity index (χ1n) is 6.25. The van der Waals surface area contributed by atoms with E-state index in [0.29, 0.717) is 17.2 Å². The maximum absolute atomic E-state index is 12.7. The third-order valence-electron chi connectivity index (χ3n) is 2.81. The van der Waals surface area contributed by atoms with Crippen LogP contribution >= 0.6 is 11.8 Å². The fourth-order valence-corrected chi connectivity index (χ4v) is 2.72. The number of nitrogens with zero attached hydrogens (tertiary/aromatic N) is 2. The lowest BCUT2D eigenvalue weighted by Gasteiger charge is -2.08. The van der Waals surface area contributed by atoms with Crippen molar-refractivity contribution in [1.29, 1.82) is 0 Å². The highest BCUT2D eigenvalue weighted by molar-refractivity contribution is 7.99. The summed E-state index contributed by atoms with van der Waals surface area (Å²) >= 11 is 1.01. The van der Waals surface area contributed by atoms with Gasteiger partial charge in [-0.25, -0.2) is 4.98 Å². The molecule has 2 rings (SSSR count). The van der Waals surface area contributed by atoms with Gasteiger partial charge in [0.05, 0.1) is 22.3 Å². The van der Waals surface area contributed by atoms with Crippen LogP contribution in [0.3, 0.4) is 0 Å². The summed E-state index contributed by atoms with van der Waals surface area (Å²) in [5, 5.41) is 9.14. The first kappa shape index (κ1) is 15.7. The van der Waals surface area contributed by atoms with E-state index in [1.54, 1.807) is 4.57 Å². The third kappa shape index (κ3) is 3.49. The van der Waals surface area contributed by atoms with E-state index >= 15 is 0 Å². The van der Waals surface area contributed by atoms with E-state index in [1.807, 2.05) is 6.92 Å². The lowest BCUT2D eigenvalue weighted by Crippen LogP contribution is -2.05. The molecule has 114 valence electrons. The van der Waals surface area contributed by atoms with Gasteiger partial charge in [0.25, 0.3) is 0 Å². The van der Waals surface area contributed by atoms with E-state index in [0.717, 1.165) is 30.3 Å². The Hall–Kier alpha value is -1.70. The molecule has 0 saturated heterocycles. The van der Waals surface area contributed by atoms with Crippen molar-refractivity contribution >= 4 is 28.8 Å². The van der Waals surface area contributed by atoms with Crippen molar-refractivity contribution in [3.8, 4) is 0 Å². The molecular weight excluding hydrogens is 305 g/mol. The van der Waals surface area contributed by atoms with Crippen molar-refractivity contribution < 1.29 is 23.1 Å². The van der Waals surface area contributed by atoms with Crippen molar-refractivity contribution in [2.75, 3.05) is 5.75 Å². The number of carboxylic acids is 1. The van der Waals surface area contributed by atoms with Gasteiger partial charge in [-0.05, 0) is 24.6 Å². The number of hydrogen-bond donors (Lipinski definition) is 1. The maximum atomic E-state index is 12.7. The van der Waals surface area contributed by atoms with Crippen LogP contribution < -0.4 is 0 Å². The molecular formula is C13H13F3N2O2S. The molecule has 0 spiro atoms. The van der Waals surface area contributed by atoms with Crippen molar-refractivity contribution in [3.63, 3.8) is 0 Å². The number of imidazole rings is 1. The molecule has 0 aliphatic carbocycles. The second kappa shape index (κ2) is 5.97. The lowest BCUT2D eigenvalue weighted by atomic mass is 10.2. The molecule has 0 bridgehead atoms. The molecule has 4 nitrogen and oxygen atoms in total. The van der Waals surface area contributed by atoms with Crippen LogP contribution in [0.1, 0.15) is 18.9 Å². The van der Waals surface area contributed by atoms with Crippen LogP contribution in [-0.4, -0.2) is 26.4 Å². The van der Waals surface area contributed by atoms with Crippen molar-refractivity contribution in [2.45, 2.75) is 31.2 Å². The molecule has 1 aromatic carbocycles. The number of thioether (sulfide) groups is 1. The highest BCUT2D eigenvalue weighted by atomic mass is 32.2. The Morgan fingerprint density at radius 2 is 2.14 bits per heavy atom. The Balaban J connectivity index is 2.47. The lowest BCUT2D eigenvalue weighted by molar-refractivity contribution is -0.137. The number of alkyl halides is 3. The number of halogens is 3. The maximum Gasteiger partial charge on any atom is 0.416 e. The largest absolute Gasteiger partial charge is 0.481 e. The molecule has 0 atom stereocenters. The average molecular weight is 318 g/mol. The number of benzene rings is 1. The molecule has 1 N–H and O–H groups in total. The Morgan fingerprint density at radius 3 is 2.71 bits per heavy atom. The van der Waals surface area contributed by atoms with E-state index in [2.05, 4.69) is 4.98 Å². The SMILES string of the molecule is CCCn1c(SCC(=O)O)nc2cc(C(F)(F)F)ccc21. The van der Waals surface area contributed by atoms with Crippen molar-refractivity contribution in [3.05, 3.63) is 23.8 Å². The van der Waals surface area contributed by atoms with Gasteiger partial charge in [0.1, 0.15) is 0 Å². The molecule has 0 radical (unpaired) electrons. The zero-order valence-corrected chi connectivity index (χ0v) is 12.0. The molecule has 0 aliphatic heterocycles. The first-order valence-corrected chi connectivity index (χ1v) is 7.23. The highest BCUT2D eigenvalue weighted by Crippen LogP contribution is 2.32. The number of aromatic nitrogens is 2. The van der Waals surface area contributed by atoms with Crippen molar-refractivity contribution in [2.24, 2.45) is 0 Å². The molecule has 8 heteroatoms. The van der Waals surface area contributed by atoms with E-state index in [4.69, 9.17) is 5.11 Å². The monoisotopic (exact) mass is 318 g/mol. The summed E-state index contributed by atoms with van der Waals surface area (Å²) in [7, 11) is 0. The van der Waals surface area contributed by atoms with Gasteiger partial charge in [-0.2, -0.15) is 13.2 Å². The van der Waals surface area contributed by atoms with Crippen LogP contribution in [0.15, 0.2) is 23.4 Å². The summed E-state index contributed by atoms with van der Waals surface area (Å²) in [4.78, 5) is 14.8. The second-order valence-corrected chi connectivity index (χ2v) is 5.37. The summed E-state index contributed by atoms with van der Waals surface area (Å²) in [6.45, 7) is 2.51. The zero-order valence-electron chi connectivity index (χ0n) is 11.1. The van der Waals surface area contributed by atoms with E-state index < -0.39 is 17.7 Å². The molecule has 0 aliphatic rings. The number of carboxylic acid groups (broad SMARTS) is 1. The predicted molar refractivity (Wildman–Crippen MR) is 73.4 cm³/mol. The minimum atomic E-state index is -4.42. The van der Waals surface area contributed by atoms with Crippen LogP contribution in [0, 0.1) is 0 Å². The standard InChI is InChI=1S/C13H13F3N2O2S/c1-2-5-18-10-4-3-8(13(14,15)16)6-9(10)17-12(18)21-7-11(19)20/h3-4,6H,2,5,7H2,1H3,(H,19,20). The third-order valence-corrected chi connectivity index (χ3v) is 3.77. The van der Waals surface area contributed by atoms with Gasteiger partial charge in [-0.15, -0.1) is 0 Å². The van der Waals surface area contributed by atoms with Gasteiger partial charge in [0.15, 0.2) is 5.16 Å². The Morgan fingerprint density at radius 1 is 1.43 bits per heavy atom. The van der Waals surface area contributed by atoms with Crippen LogP contribution in [0.4, 0.5) is 13.2 Å². The smallest absolute Gasteiger partial charge is 0.416 e. The van der Waals surface area contributed by atoms with Crippen LogP contribution in [-0.2, 0) is 17.5 Å². The van der Waals surface area contributed by atoms with E-state index in [-0.39, 0.29) is 11.3 Å². The summed E-state index contributed by atoms with van der Waals surface area (Å²) in [6.07, 6.45) is -3.65. The highest BCUT2D eigenvalue weighted by Gasteiger charge is 2.31. The molecule has 0 saturated carbocycles. The Kier molecular flexibility index (Phi) is 4.46. The van der Waals surface area contributed by atoms with Gasteiger partial charge in [-0.3, -0.25) is 4.79 Å². The van der Waals surface area contributed by atoms with E-state index in [9.17, 15) is 18.0 Å². The number of fused-ring (bicyclic) bond motifs is 1. The van der Waals surface area contributed by atoms with Gasteiger partial charge < -0.3 is 9.67 Å². The average Bonchev–Trinajstić information content (AvgIpc) is 2.73. The molecule has 1 heterocycles. The fraction of sp³-hybridized carbons (Fsp3) is 0.385. The summed E-state index contributed by atoms with van der Waals surface area (Å²) < 4.78 is 39.9. The molecule has 0 fully saturated rings. The fourth-order valence-electron chi connectivity index (χ4n) is 1.96. The van der Waals surface area contributed by atoms with Gasteiger partial charge in [0, 0.05) is 6.54 Å². The molecule has 0 amide bonds. The van der Waals surface area contributed by atoms with Crippen LogP contribution in [0.2, 0.25) is 0 Å². The van der Waals surface area contributed by atoms with Gasteiger partial charge in [0.2, 0.25) is 0 Å². The number of hydrogen-bond acceptors (Lipinski definition) is 3. The van der Waals surface area contributed by atoms with Crippen molar-refractivity contribution in [1.82, 2.24) is 9.55 Å². The first-order chi connectivity index (χ1) is 9.82. The number of rotatable bonds is 5. The Bertz CT molecular complexity index is 667. The van der Waals surface area contributed by atoms with Crippen LogP contribution in [0.25, 0.3) is 11.0 Å². The van der Waals surface area contributed by atoms with Gasteiger partial charge in [-0.1, -0.05) is 18.7 Å². The minimum Gasteiger partial charge on any atom is -0.481 e. The number of aliphatic carboxylic acids is 1. The zero-order chi connectivity index (χ0) is 15.6. The predicted octanol–water partition coefficient (Wildman–Crippen LogP) is 3.64. The molecule has 2 aromatic rings. The van der Waals surface area contributed by atoms with E-state index in [1.165, 1.54) is 6.07 Å². The summed E-state index contributed by atoms with van der Waals surface area (Å²) in [5.41, 5.74) is 0.0508. The summed E-state index contributed by atoms with van der Waals surface area (Å²) in [6, 6.07) is 3.39. The number of aryl methyl sites for hydroxylation is 1. The van der Waals surface area contributed by atoms with Gasteiger partial charge >= 0.3 is 12.1 Å². The normalized spacial score (nSPS) is 12.0.